The Labute approximate surface area is 132 Å². The van der Waals surface area contributed by atoms with E-state index in [2.05, 4.69) is 53.8 Å². The Kier molecular flexibility index (Phi) is 6.02. The number of ketones is 1. The molecule has 3 atom stereocenters. The Bertz CT molecular complexity index is 391. The summed E-state index contributed by atoms with van der Waals surface area (Å²) >= 11 is 0. The van der Waals surface area contributed by atoms with Crippen molar-refractivity contribution in [2.75, 3.05) is 6.61 Å². The van der Waals surface area contributed by atoms with Crippen LogP contribution in [0.3, 0.4) is 0 Å². The maximum Gasteiger partial charge on any atom is 0.191 e. The lowest BCUT2D eigenvalue weighted by Gasteiger charge is -2.39. The molecule has 0 aliphatic heterocycles. The van der Waals surface area contributed by atoms with E-state index in [4.69, 9.17) is 4.43 Å². The Morgan fingerprint density at radius 3 is 2.33 bits per heavy atom. The van der Waals surface area contributed by atoms with E-state index in [0.29, 0.717) is 17.8 Å². The molecule has 0 bridgehead atoms. The highest BCUT2D eigenvalue weighted by molar-refractivity contribution is 6.74. The van der Waals surface area contributed by atoms with Crippen LogP contribution in [0, 0.1) is 23.7 Å². The van der Waals surface area contributed by atoms with Crippen LogP contribution in [-0.4, -0.2) is 20.7 Å². The van der Waals surface area contributed by atoms with Crippen molar-refractivity contribution in [3.63, 3.8) is 0 Å². The van der Waals surface area contributed by atoms with E-state index in [9.17, 15) is 4.79 Å². The predicted molar refractivity (Wildman–Crippen MR) is 92.9 cm³/mol. The SMILES string of the molecule is CC1CC([C@H](CO[Si](C)(C)C(C)(C)C)C(C)C)C=CC1=O. The van der Waals surface area contributed by atoms with Crippen LogP contribution in [0.15, 0.2) is 12.2 Å². The van der Waals surface area contributed by atoms with Crippen molar-refractivity contribution in [3.8, 4) is 0 Å². The quantitative estimate of drug-likeness (QED) is 0.663. The van der Waals surface area contributed by atoms with E-state index in [0.717, 1.165) is 13.0 Å². The van der Waals surface area contributed by atoms with Crippen LogP contribution in [0.25, 0.3) is 0 Å². The fourth-order valence-electron chi connectivity index (χ4n) is 2.63. The molecule has 0 spiro atoms. The zero-order chi connectivity index (χ0) is 16.4. The number of carbonyl (C=O) groups excluding carboxylic acids is 1. The van der Waals surface area contributed by atoms with E-state index < -0.39 is 8.32 Å². The Hall–Kier alpha value is -0.413. The highest BCUT2D eigenvalue weighted by atomic mass is 28.4. The maximum absolute atomic E-state index is 11.7. The fraction of sp³-hybridized carbons (Fsp3) is 0.833. The average Bonchev–Trinajstić information content (AvgIpc) is 2.31. The van der Waals surface area contributed by atoms with Gasteiger partial charge < -0.3 is 4.43 Å². The third-order valence-electron chi connectivity index (χ3n) is 5.47. The minimum atomic E-state index is -1.70. The van der Waals surface area contributed by atoms with Gasteiger partial charge in [-0.3, -0.25) is 4.79 Å². The molecule has 0 amide bonds. The summed E-state index contributed by atoms with van der Waals surface area (Å²) in [5, 5.41) is 0.250. The molecule has 0 fully saturated rings. The molecule has 122 valence electrons. The number of carbonyl (C=O) groups is 1. The van der Waals surface area contributed by atoms with Crippen molar-refractivity contribution >= 4 is 14.1 Å². The Balaban J connectivity index is 2.76. The van der Waals surface area contributed by atoms with Crippen LogP contribution in [0.4, 0.5) is 0 Å². The van der Waals surface area contributed by atoms with E-state index in [1.54, 1.807) is 6.08 Å². The minimum Gasteiger partial charge on any atom is -0.417 e. The van der Waals surface area contributed by atoms with Crippen molar-refractivity contribution in [1.29, 1.82) is 0 Å². The van der Waals surface area contributed by atoms with Crippen LogP contribution in [-0.2, 0) is 9.22 Å². The third-order valence-corrected chi connectivity index (χ3v) is 9.97. The van der Waals surface area contributed by atoms with Crippen LogP contribution >= 0.6 is 0 Å². The van der Waals surface area contributed by atoms with Gasteiger partial charge in [-0.15, -0.1) is 0 Å². The van der Waals surface area contributed by atoms with Gasteiger partial charge in [-0.25, -0.2) is 0 Å². The molecule has 1 rings (SSSR count). The molecule has 0 heterocycles. The maximum atomic E-state index is 11.7. The standard InChI is InChI=1S/C18H34O2Si/c1-13(2)16(12-20-21(7,8)18(4,5)6)15-9-10-17(19)14(3)11-15/h9-10,13-16H,11-12H2,1-8H3/t14?,15?,16-/m1/s1. The van der Waals surface area contributed by atoms with Crippen molar-refractivity contribution in [2.45, 2.75) is 66.1 Å². The molecular weight excluding hydrogens is 276 g/mol. The van der Waals surface area contributed by atoms with Crippen LogP contribution < -0.4 is 0 Å². The van der Waals surface area contributed by atoms with Gasteiger partial charge in [0, 0.05) is 12.5 Å². The van der Waals surface area contributed by atoms with Gasteiger partial charge in [-0.1, -0.05) is 47.6 Å². The predicted octanol–water partition coefficient (Wildman–Crippen LogP) is 5.06. The van der Waals surface area contributed by atoms with Gasteiger partial charge >= 0.3 is 0 Å². The second kappa shape index (κ2) is 6.78. The second-order valence-electron chi connectivity index (χ2n) is 8.54. The van der Waals surface area contributed by atoms with Gasteiger partial charge in [0.15, 0.2) is 14.1 Å². The molecule has 0 saturated heterocycles. The first kappa shape index (κ1) is 18.6. The molecule has 0 saturated carbocycles. The zero-order valence-corrected chi connectivity index (χ0v) is 16.2. The molecule has 1 aliphatic carbocycles. The normalized spacial score (nSPS) is 25.5. The van der Waals surface area contributed by atoms with Crippen molar-refractivity contribution in [2.24, 2.45) is 23.7 Å². The zero-order valence-electron chi connectivity index (χ0n) is 15.2. The molecular formula is C18H34O2Si. The number of hydrogen-bond acceptors (Lipinski definition) is 2. The molecule has 0 radical (unpaired) electrons. The molecule has 0 aromatic rings. The van der Waals surface area contributed by atoms with Gasteiger partial charge in [0.25, 0.3) is 0 Å². The first-order chi connectivity index (χ1) is 9.45. The monoisotopic (exact) mass is 310 g/mol. The second-order valence-corrected chi connectivity index (χ2v) is 13.4. The van der Waals surface area contributed by atoms with E-state index in [-0.39, 0.29) is 16.7 Å². The first-order valence-corrected chi connectivity index (χ1v) is 11.2. The summed E-state index contributed by atoms with van der Waals surface area (Å²) in [5.74, 6) is 1.99. The summed E-state index contributed by atoms with van der Waals surface area (Å²) in [4.78, 5) is 11.7. The van der Waals surface area contributed by atoms with Gasteiger partial charge in [-0.2, -0.15) is 0 Å². The highest BCUT2D eigenvalue weighted by Crippen LogP contribution is 2.38. The van der Waals surface area contributed by atoms with Crippen molar-refractivity contribution in [1.82, 2.24) is 0 Å². The van der Waals surface area contributed by atoms with Crippen LogP contribution in [0.1, 0.15) is 48.0 Å². The third kappa shape index (κ3) is 4.78. The van der Waals surface area contributed by atoms with E-state index >= 15 is 0 Å². The molecule has 0 N–H and O–H groups in total. The molecule has 2 nitrogen and oxygen atoms in total. The Morgan fingerprint density at radius 2 is 1.90 bits per heavy atom. The fourth-order valence-corrected chi connectivity index (χ4v) is 3.68. The first-order valence-electron chi connectivity index (χ1n) is 8.31. The van der Waals surface area contributed by atoms with Crippen molar-refractivity contribution < 1.29 is 9.22 Å². The summed E-state index contributed by atoms with van der Waals surface area (Å²) in [6.07, 6.45) is 4.89. The van der Waals surface area contributed by atoms with E-state index in [1.165, 1.54) is 0 Å². The smallest absolute Gasteiger partial charge is 0.191 e. The molecule has 0 aromatic heterocycles. The lowest BCUT2D eigenvalue weighted by atomic mass is 9.75. The van der Waals surface area contributed by atoms with Gasteiger partial charge in [0.2, 0.25) is 0 Å². The van der Waals surface area contributed by atoms with Crippen LogP contribution in [0.2, 0.25) is 18.1 Å². The van der Waals surface area contributed by atoms with Crippen molar-refractivity contribution in [3.05, 3.63) is 12.2 Å². The molecule has 2 unspecified atom stereocenters. The van der Waals surface area contributed by atoms with E-state index in [1.807, 2.05) is 6.92 Å². The molecule has 1 aliphatic rings. The lowest BCUT2D eigenvalue weighted by molar-refractivity contribution is -0.118. The molecule has 0 aromatic carbocycles. The highest BCUT2D eigenvalue weighted by Gasteiger charge is 2.39. The topological polar surface area (TPSA) is 26.3 Å². The number of allylic oxidation sites excluding steroid dienone is 2. The number of rotatable bonds is 5. The summed E-state index contributed by atoms with van der Waals surface area (Å²) < 4.78 is 6.45. The van der Waals surface area contributed by atoms with Crippen LogP contribution in [0.5, 0.6) is 0 Å². The average molecular weight is 311 g/mol. The summed E-state index contributed by atoms with van der Waals surface area (Å²) in [6, 6.07) is 0. The Morgan fingerprint density at radius 1 is 1.33 bits per heavy atom. The van der Waals surface area contributed by atoms with Gasteiger partial charge in [0.1, 0.15) is 0 Å². The minimum absolute atomic E-state index is 0.161. The van der Waals surface area contributed by atoms with Gasteiger partial charge in [-0.05, 0) is 48.4 Å². The number of hydrogen-bond donors (Lipinski definition) is 0. The molecule has 3 heteroatoms. The largest absolute Gasteiger partial charge is 0.417 e. The lowest BCUT2D eigenvalue weighted by Crippen LogP contribution is -2.43. The summed E-state index contributed by atoms with van der Waals surface area (Å²) in [7, 11) is -1.70. The summed E-state index contributed by atoms with van der Waals surface area (Å²) in [6.45, 7) is 18.9. The van der Waals surface area contributed by atoms with Gasteiger partial charge in [0.05, 0.1) is 0 Å². The molecule has 21 heavy (non-hydrogen) atoms. The summed E-state index contributed by atoms with van der Waals surface area (Å²) in [5.41, 5.74) is 0.